The van der Waals surface area contributed by atoms with Crippen molar-refractivity contribution in [3.05, 3.63) is 24.3 Å². The maximum Gasteiger partial charge on any atom is 0.217 e. The number of hydrogen-bond donors (Lipinski definition) is 2. The van der Waals surface area contributed by atoms with E-state index in [0.29, 0.717) is 0 Å². The number of rotatable bonds is 1. The Morgan fingerprint density at radius 1 is 1.42 bits per heavy atom. The van der Waals surface area contributed by atoms with Crippen LogP contribution in [0.25, 0.3) is 0 Å². The van der Waals surface area contributed by atoms with Crippen LogP contribution in [-0.2, 0) is 10.0 Å². The second kappa shape index (κ2) is 2.69. The molecule has 2 atom stereocenters. The Labute approximate surface area is 72.0 Å². The van der Waals surface area contributed by atoms with Crippen molar-refractivity contribution in [1.82, 2.24) is 0 Å². The molecule has 0 amide bonds. The number of primary sulfonamides is 1. The predicted octanol–water partition coefficient (Wildman–Crippen LogP) is -0.513. The average molecular weight is 188 g/mol. The zero-order chi connectivity index (χ0) is 9.41. The van der Waals surface area contributed by atoms with Gasteiger partial charge in [0, 0.05) is 0 Å². The molecule has 0 bridgehead atoms. The van der Waals surface area contributed by atoms with Crippen LogP contribution in [0, 0.1) is 0 Å². The molecule has 5 heteroatoms. The summed E-state index contributed by atoms with van der Waals surface area (Å²) in [5.41, 5.74) is 4.81. The summed E-state index contributed by atoms with van der Waals surface area (Å²) in [6.07, 6.45) is 6.46. The highest BCUT2D eigenvalue weighted by atomic mass is 32.2. The first kappa shape index (κ1) is 9.44. The van der Waals surface area contributed by atoms with Gasteiger partial charge in [-0.1, -0.05) is 24.3 Å². The molecule has 0 saturated carbocycles. The molecule has 2 unspecified atom stereocenters. The summed E-state index contributed by atoms with van der Waals surface area (Å²) in [4.78, 5) is 0. The van der Waals surface area contributed by atoms with Gasteiger partial charge in [0.1, 0.15) is 5.25 Å². The van der Waals surface area contributed by atoms with Crippen molar-refractivity contribution in [3.8, 4) is 0 Å². The lowest BCUT2D eigenvalue weighted by atomic mass is 9.94. The highest BCUT2D eigenvalue weighted by molar-refractivity contribution is 7.90. The monoisotopic (exact) mass is 188 g/mol. The van der Waals surface area contributed by atoms with E-state index in [-0.39, 0.29) is 0 Å². The zero-order valence-corrected chi connectivity index (χ0v) is 7.58. The van der Waals surface area contributed by atoms with E-state index in [1.165, 1.54) is 6.08 Å². The molecule has 0 aromatic carbocycles. The van der Waals surface area contributed by atoms with Crippen LogP contribution in [0.2, 0.25) is 0 Å². The van der Waals surface area contributed by atoms with Crippen molar-refractivity contribution in [2.75, 3.05) is 0 Å². The third kappa shape index (κ3) is 1.74. The van der Waals surface area contributed by atoms with Crippen LogP contribution in [0.1, 0.15) is 6.92 Å². The Kier molecular flexibility index (Phi) is 2.11. The van der Waals surface area contributed by atoms with Crippen molar-refractivity contribution in [1.29, 1.82) is 0 Å². The lowest BCUT2D eigenvalue weighted by Gasteiger charge is -2.28. The van der Waals surface area contributed by atoms with Gasteiger partial charge in [-0.15, -0.1) is 0 Å². The van der Waals surface area contributed by atoms with E-state index in [4.69, 9.17) is 10.9 Å². The van der Waals surface area contributed by atoms with E-state index < -0.39 is 20.8 Å². The molecule has 0 aliphatic heterocycles. The molecule has 1 rings (SSSR count). The highest BCUT2D eigenvalue weighted by Gasteiger charge is 2.35. The third-order valence-electron chi connectivity index (χ3n) is 1.82. The van der Waals surface area contributed by atoms with E-state index in [1.54, 1.807) is 25.2 Å². The van der Waals surface area contributed by atoms with Crippen LogP contribution < -0.4 is 10.9 Å². The van der Waals surface area contributed by atoms with Gasteiger partial charge in [-0.3, -0.25) is 0 Å². The number of allylic oxidation sites excluding steroid dienone is 2. The quantitative estimate of drug-likeness (QED) is 0.581. The minimum absolute atomic E-state index is 0.824. The summed E-state index contributed by atoms with van der Waals surface area (Å²) in [7, 11) is -3.60. The Morgan fingerprint density at radius 3 is 2.33 bits per heavy atom. The van der Waals surface area contributed by atoms with Crippen molar-refractivity contribution >= 4 is 10.0 Å². The minimum atomic E-state index is -3.60. The SMILES string of the molecule is CC1(N)C=CC=CC1S(N)(=O)=O. The molecule has 1 aliphatic carbocycles. The molecule has 0 aromatic heterocycles. The first-order chi connectivity index (χ1) is 5.34. The first-order valence-electron chi connectivity index (χ1n) is 3.50. The molecule has 1 aliphatic rings. The maximum absolute atomic E-state index is 11.0. The topological polar surface area (TPSA) is 86.2 Å². The zero-order valence-electron chi connectivity index (χ0n) is 6.77. The van der Waals surface area contributed by atoms with Crippen LogP contribution in [0.4, 0.5) is 0 Å². The highest BCUT2D eigenvalue weighted by Crippen LogP contribution is 2.19. The van der Waals surface area contributed by atoms with E-state index in [0.717, 1.165) is 0 Å². The van der Waals surface area contributed by atoms with Gasteiger partial charge >= 0.3 is 0 Å². The molecule has 4 N–H and O–H groups in total. The molecule has 0 spiro atoms. The van der Waals surface area contributed by atoms with Gasteiger partial charge in [-0.2, -0.15) is 0 Å². The lowest BCUT2D eigenvalue weighted by molar-refractivity contribution is 0.539. The van der Waals surface area contributed by atoms with Gasteiger partial charge in [0.2, 0.25) is 10.0 Å². The van der Waals surface area contributed by atoms with Crippen molar-refractivity contribution in [2.45, 2.75) is 17.7 Å². The van der Waals surface area contributed by atoms with E-state index >= 15 is 0 Å². The fraction of sp³-hybridized carbons (Fsp3) is 0.429. The Balaban J connectivity index is 3.08. The smallest absolute Gasteiger partial charge is 0.217 e. The standard InChI is InChI=1S/C7H12N2O2S/c1-7(8)5-3-2-4-6(7)12(9,10)11/h2-6H,8H2,1H3,(H2,9,10,11). The number of sulfonamides is 1. The molecule has 12 heavy (non-hydrogen) atoms. The average Bonchev–Trinajstić information content (AvgIpc) is 1.83. The van der Waals surface area contributed by atoms with E-state index in [1.807, 2.05) is 0 Å². The summed E-state index contributed by atoms with van der Waals surface area (Å²) in [6, 6.07) is 0. The van der Waals surface area contributed by atoms with Crippen molar-refractivity contribution < 1.29 is 8.42 Å². The maximum atomic E-state index is 11.0. The van der Waals surface area contributed by atoms with Crippen LogP contribution in [-0.4, -0.2) is 19.2 Å². The molecule has 0 radical (unpaired) electrons. The second-order valence-corrected chi connectivity index (χ2v) is 4.81. The largest absolute Gasteiger partial charge is 0.321 e. The van der Waals surface area contributed by atoms with Gasteiger partial charge in [-0.05, 0) is 6.92 Å². The lowest BCUT2D eigenvalue weighted by Crippen LogP contribution is -2.52. The first-order valence-corrected chi connectivity index (χ1v) is 5.11. The summed E-state index contributed by atoms with van der Waals surface area (Å²) in [6.45, 7) is 1.63. The van der Waals surface area contributed by atoms with Crippen LogP contribution in [0.15, 0.2) is 24.3 Å². The van der Waals surface area contributed by atoms with Gasteiger partial charge in [-0.25, -0.2) is 13.6 Å². The molecule has 68 valence electrons. The molecule has 0 heterocycles. The normalized spacial score (nSPS) is 35.4. The Morgan fingerprint density at radius 2 is 2.00 bits per heavy atom. The summed E-state index contributed by atoms with van der Waals surface area (Å²) in [5, 5.41) is 4.17. The fourth-order valence-corrected chi connectivity index (χ4v) is 2.29. The molecule has 4 nitrogen and oxygen atoms in total. The second-order valence-electron chi connectivity index (χ2n) is 3.12. The molecular formula is C7H12N2O2S. The van der Waals surface area contributed by atoms with Crippen molar-refractivity contribution in [3.63, 3.8) is 0 Å². The van der Waals surface area contributed by atoms with Crippen LogP contribution in [0.5, 0.6) is 0 Å². The third-order valence-corrected chi connectivity index (χ3v) is 3.19. The van der Waals surface area contributed by atoms with Gasteiger partial charge < -0.3 is 5.73 Å². The molecule has 0 aromatic rings. The van der Waals surface area contributed by atoms with Crippen LogP contribution >= 0.6 is 0 Å². The number of hydrogen-bond acceptors (Lipinski definition) is 3. The van der Waals surface area contributed by atoms with Gasteiger partial charge in [0.25, 0.3) is 0 Å². The summed E-state index contributed by atoms with van der Waals surface area (Å²) < 4.78 is 22.0. The molecule has 0 fully saturated rings. The van der Waals surface area contributed by atoms with E-state index in [9.17, 15) is 8.42 Å². The molecular weight excluding hydrogens is 176 g/mol. The van der Waals surface area contributed by atoms with E-state index in [2.05, 4.69) is 0 Å². The van der Waals surface area contributed by atoms with Crippen LogP contribution in [0.3, 0.4) is 0 Å². The fourth-order valence-electron chi connectivity index (χ4n) is 1.19. The predicted molar refractivity (Wildman–Crippen MR) is 47.8 cm³/mol. The minimum Gasteiger partial charge on any atom is -0.321 e. The van der Waals surface area contributed by atoms with Crippen molar-refractivity contribution in [2.24, 2.45) is 10.9 Å². The van der Waals surface area contributed by atoms with Gasteiger partial charge in [0.15, 0.2) is 0 Å². The summed E-state index contributed by atoms with van der Waals surface area (Å²) >= 11 is 0. The Hall–Kier alpha value is -0.650. The number of nitrogens with two attached hydrogens (primary N) is 2. The molecule has 0 saturated heterocycles. The summed E-state index contributed by atoms with van der Waals surface area (Å²) in [5.74, 6) is 0. The van der Waals surface area contributed by atoms with Gasteiger partial charge in [0.05, 0.1) is 5.54 Å². The Bertz CT molecular complexity index is 327.